The van der Waals surface area contributed by atoms with E-state index in [1.165, 1.54) is 12.8 Å². The third-order valence-corrected chi connectivity index (χ3v) is 4.35. The Morgan fingerprint density at radius 3 is 2.48 bits per heavy atom. The highest BCUT2D eigenvalue weighted by Crippen LogP contribution is 2.39. The van der Waals surface area contributed by atoms with Gasteiger partial charge in [-0.15, -0.1) is 0 Å². The van der Waals surface area contributed by atoms with Gasteiger partial charge in [-0.25, -0.2) is 9.97 Å². The molecule has 0 aromatic carbocycles. The van der Waals surface area contributed by atoms with Gasteiger partial charge in [0.25, 0.3) is 0 Å². The molecular weight excluding hydrogens is 332 g/mol. The van der Waals surface area contributed by atoms with Crippen molar-refractivity contribution in [2.45, 2.75) is 38.2 Å². The lowest BCUT2D eigenvalue weighted by Gasteiger charge is -2.37. The van der Waals surface area contributed by atoms with Crippen LogP contribution in [0.15, 0.2) is 10.7 Å². The van der Waals surface area contributed by atoms with Gasteiger partial charge in [0, 0.05) is 44.7 Å². The minimum absolute atomic E-state index is 0.567. The summed E-state index contributed by atoms with van der Waals surface area (Å²) < 4.78 is 0.883. The first-order valence-corrected chi connectivity index (χ1v) is 8.44. The number of halogens is 1. The lowest BCUT2D eigenvalue weighted by atomic mass is 10.1. The predicted octanol–water partition coefficient (Wildman–Crippen LogP) is 2.01. The van der Waals surface area contributed by atoms with Gasteiger partial charge < -0.3 is 10.0 Å². The first-order chi connectivity index (χ1) is 9.90. The van der Waals surface area contributed by atoms with Crippen LogP contribution < -0.4 is 4.90 Å². The van der Waals surface area contributed by atoms with E-state index >= 15 is 0 Å². The lowest BCUT2D eigenvalue weighted by molar-refractivity contribution is 0.0344. The average molecular weight is 355 g/mol. The molecule has 6 heteroatoms. The normalized spacial score (nSPS) is 20.9. The molecule has 116 valence electrons. The second-order valence-corrected chi connectivity index (χ2v) is 7.57. The Balaban J connectivity index is 1.64. The largest absolute Gasteiger partial charge is 0.389 e. The Labute approximate surface area is 134 Å². The van der Waals surface area contributed by atoms with E-state index in [0.717, 1.165) is 49.0 Å². The Kier molecular flexibility index (Phi) is 4.21. The van der Waals surface area contributed by atoms with E-state index in [4.69, 9.17) is 4.98 Å². The van der Waals surface area contributed by atoms with Gasteiger partial charge in [-0.2, -0.15) is 0 Å². The van der Waals surface area contributed by atoms with Gasteiger partial charge in [-0.05, 0) is 42.6 Å². The summed E-state index contributed by atoms with van der Waals surface area (Å²) in [5.41, 5.74) is -0.626. The highest BCUT2D eigenvalue weighted by molar-refractivity contribution is 9.10. The van der Waals surface area contributed by atoms with Crippen LogP contribution in [0.2, 0.25) is 0 Å². The van der Waals surface area contributed by atoms with E-state index in [-0.39, 0.29) is 0 Å². The number of hydrogen-bond donors (Lipinski definition) is 1. The Hall–Kier alpha value is -0.720. The van der Waals surface area contributed by atoms with Crippen LogP contribution in [0.1, 0.15) is 38.4 Å². The molecule has 1 saturated heterocycles. The fourth-order valence-electron chi connectivity index (χ4n) is 2.79. The summed E-state index contributed by atoms with van der Waals surface area (Å²) in [5, 5.41) is 9.91. The van der Waals surface area contributed by atoms with Crippen molar-refractivity contribution in [1.82, 2.24) is 14.9 Å². The molecule has 0 spiro atoms. The van der Waals surface area contributed by atoms with Crippen molar-refractivity contribution < 1.29 is 5.11 Å². The molecule has 2 fully saturated rings. The maximum atomic E-state index is 9.91. The second kappa shape index (κ2) is 5.82. The fraction of sp³-hybridized carbons (Fsp3) is 0.733. The molecule has 1 N–H and O–H groups in total. The van der Waals surface area contributed by atoms with Gasteiger partial charge in [0.1, 0.15) is 16.2 Å². The van der Waals surface area contributed by atoms with Gasteiger partial charge in [0.15, 0.2) is 0 Å². The lowest BCUT2D eigenvalue weighted by Crippen LogP contribution is -2.50. The summed E-state index contributed by atoms with van der Waals surface area (Å²) in [4.78, 5) is 13.9. The second-order valence-electron chi connectivity index (χ2n) is 6.76. The van der Waals surface area contributed by atoms with Crippen molar-refractivity contribution >= 4 is 21.7 Å². The number of β-amino-alcohol motifs (C(OH)–C–C–N with tert-alkyl or cyclic N) is 1. The third-order valence-electron chi connectivity index (χ3n) is 3.95. The molecule has 0 radical (unpaired) electrons. The van der Waals surface area contributed by atoms with Crippen molar-refractivity contribution in [3.05, 3.63) is 16.5 Å². The zero-order valence-corrected chi connectivity index (χ0v) is 14.3. The monoisotopic (exact) mass is 354 g/mol. The topological polar surface area (TPSA) is 52.5 Å². The van der Waals surface area contributed by atoms with E-state index in [1.54, 1.807) is 0 Å². The van der Waals surface area contributed by atoms with Crippen molar-refractivity contribution in [3.63, 3.8) is 0 Å². The Bertz CT molecular complexity index is 505. The smallest absolute Gasteiger partial charge is 0.135 e. The predicted molar refractivity (Wildman–Crippen MR) is 86.7 cm³/mol. The molecule has 0 bridgehead atoms. The van der Waals surface area contributed by atoms with Crippen molar-refractivity contribution in [2.75, 3.05) is 37.6 Å². The zero-order chi connectivity index (χ0) is 15.0. The third kappa shape index (κ3) is 4.14. The summed E-state index contributed by atoms with van der Waals surface area (Å²) >= 11 is 3.51. The van der Waals surface area contributed by atoms with Crippen molar-refractivity contribution in [2.24, 2.45) is 0 Å². The Morgan fingerprint density at radius 1 is 1.24 bits per heavy atom. The molecule has 1 aliphatic carbocycles. The first-order valence-electron chi connectivity index (χ1n) is 7.65. The average Bonchev–Trinajstić information content (AvgIpc) is 3.21. The first kappa shape index (κ1) is 15.2. The fourth-order valence-corrected chi connectivity index (χ4v) is 3.18. The van der Waals surface area contributed by atoms with Crippen LogP contribution in [0, 0.1) is 0 Å². The molecule has 0 atom stereocenters. The highest BCUT2D eigenvalue weighted by Gasteiger charge is 2.28. The summed E-state index contributed by atoms with van der Waals surface area (Å²) in [7, 11) is 0. The van der Waals surface area contributed by atoms with Crippen LogP contribution in [0.4, 0.5) is 5.82 Å². The van der Waals surface area contributed by atoms with Gasteiger partial charge in [-0.3, -0.25) is 4.90 Å². The van der Waals surface area contributed by atoms with Crippen LogP contribution in [0.5, 0.6) is 0 Å². The molecule has 0 amide bonds. The number of anilines is 1. The number of nitrogens with zero attached hydrogens (tertiary/aromatic N) is 4. The SMILES string of the molecule is CC(C)(O)CN1CCN(c2cc(Br)nc(C3CC3)n2)CC1. The standard InChI is InChI=1S/C15H23BrN4O/c1-15(2,21)10-19-5-7-20(8-6-19)13-9-12(16)17-14(18-13)11-3-4-11/h9,11,21H,3-8,10H2,1-2H3. The van der Waals surface area contributed by atoms with Crippen molar-refractivity contribution in [1.29, 1.82) is 0 Å². The van der Waals surface area contributed by atoms with Gasteiger partial charge in [0.2, 0.25) is 0 Å². The maximum Gasteiger partial charge on any atom is 0.135 e. The van der Waals surface area contributed by atoms with Crippen molar-refractivity contribution in [3.8, 4) is 0 Å². The van der Waals surface area contributed by atoms with Crippen LogP contribution >= 0.6 is 15.9 Å². The molecule has 1 saturated carbocycles. The summed E-state index contributed by atoms with van der Waals surface area (Å²) in [6.45, 7) is 8.27. The quantitative estimate of drug-likeness (QED) is 0.838. The van der Waals surface area contributed by atoms with E-state index < -0.39 is 5.60 Å². The van der Waals surface area contributed by atoms with Crippen LogP contribution in [-0.4, -0.2) is 58.3 Å². The van der Waals surface area contributed by atoms with Gasteiger partial charge in [0.05, 0.1) is 5.60 Å². The van der Waals surface area contributed by atoms with Crippen LogP contribution in [-0.2, 0) is 0 Å². The molecule has 2 aliphatic rings. The zero-order valence-electron chi connectivity index (χ0n) is 12.7. The van der Waals surface area contributed by atoms with E-state index in [0.29, 0.717) is 5.92 Å². The number of piperazine rings is 1. The molecule has 3 rings (SSSR count). The van der Waals surface area contributed by atoms with Gasteiger partial charge in [-0.1, -0.05) is 0 Å². The molecule has 1 aromatic heterocycles. The van der Waals surface area contributed by atoms with Crippen LogP contribution in [0.3, 0.4) is 0 Å². The van der Waals surface area contributed by atoms with E-state index in [2.05, 4.69) is 30.7 Å². The number of aliphatic hydroxyl groups is 1. The summed E-state index contributed by atoms with van der Waals surface area (Å²) in [6.07, 6.45) is 2.44. The molecule has 0 unspecified atom stereocenters. The Morgan fingerprint density at radius 2 is 1.90 bits per heavy atom. The number of aromatic nitrogens is 2. The van der Waals surface area contributed by atoms with E-state index in [1.807, 2.05) is 19.9 Å². The van der Waals surface area contributed by atoms with E-state index in [9.17, 15) is 5.11 Å². The summed E-state index contributed by atoms with van der Waals surface area (Å²) in [5.74, 6) is 2.58. The molecule has 21 heavy (non-hydrogen) atoms. The number of hydrogen-bond acceptors (Lipinski definition) is 5. The molecule has 2 heterocycles. The van der Waals surface area contributed by atoms with Crippen LogP contribution in [0.25, 0.3) is 0 Å². The minimum Gasteiger partial charge on any atom is -0.389 e. The van der Waals surface area contributed by atoms with Gasteiger partial charge >= 0.3 is 0 Å². The molecule has 1 aliphatic heterocycles. The number of rotatable bonds is 4. The maximum absolute atomic E-state index is 9.91. The summed E-state index contributed by atoms with van der Waals surface area (Å²) in [6, 6.07) is 2.01. The molecule has 5 nitrogen and oxygen atoms in total. The minimum atomic E-state index is -0.626. The molecule has 1 aromatic rings. The molecular formula is C15H23BrN4O. The highest BCUT2D eigenvalue weighted by atomic mass is 79.9.